The van der Waals surface area contributed by atoms with E-state index in [1.165, 1.54) is 0 Å². The number of benzene rings is 1. The number of aryl methyl sites for hydroxylation is 2. The van der Waals surface area contributed by atoms with Crippen molar-refractivity contribution in [3.8, 4) is 17.0 Å². The molecule has 1 heterocycles. The van der Waals surface area contributed by atoms with E-state index in [0.717, 1.165) is 34.0 Å². The number of hydrogen-bond donors (Lipinski definition) is 1. The third kappa shape index (κ3) is 2.27. The van der Waals surface area contributed by atoms with Crippen LogP contribution in [0.3, 0.4) is 0 Å². The van der Waals surface area contributed by atoms with E-state index in [-0.39, 0.29) is 0 Å². The molecule has 1 aromatic carbocycles. The molecule has 0 unspecified atom stereocenters. The van der Waals surface area contributed by atoms with Gasteiger partial charge in [-0.05, 0) is 37.1 Å². The lowest BCUT2D eigenvalue weighted by atomic mass is 10.0. The van der Waals surface area contributed by atoms with Crippen molar-refractivity contribution in [2.45, 2.75) is 13.8 Å². The van der Waals surface area contributed by atoms with Gasteiger partial charge in [0.2, 0.25) is 0 Å². The second-order valence-corrected chi connectivity index (χ2v) is 4.18. The number of aromatic nitrogens is 2. The van der Waals surface area contributed by atoms with E-state index in [1.54, 1.807) is 19.5 Å². The minimum atomic E-state index is 0.764. The van der Waals surface area contributed by atoms with Crippen LogP contribution < -0.4 is 10.1 Å². The van der Waals surface area contributed by atoms with Gasteiger partial charge in [0.15, 0.2) is 0 Å². The first-order valence-electron chi connectivity index (χ1n) is 5.81. The predicted octanol–water partition coefficient (Wildman–Crippen LogP) is 2.81. The number of hydrogen-bond acceptors (Lipinski definition) is 4. The molecule has 0 radical (unpaired) electrons. The molecule has 4 nitrogen and oxygen atoms in total. The van der Waals surface area contributed by atoms with Crippen molar-refractivity contribution in [3.05, 3.63) is 35.7 Å². The van der Waals surface area contributed by atoms with E-state index in [9.17, 15) is 0 Å². The average molecular weight is 243 g/mol. The summed E-state index contributed by atoms with van der Waals surface area (Å²) in [6.07, 6.45) is 3.48. The van der Waals surface area contributed by atoms with Gasteiger partial charge in [0.05, 0.1) is 25.2 Å². The summed E-state index contributed by atoms with van der Waals surface area (Å²) in [4.78, 5) is 8.69. The Balaban J connectivity index is 2.53. The lowest BCUT2D eigenvalue weighted by Gasteiger charge is -2.11. The number of nitrogens with one attached hydrogen (secondary N) is 1. The van der Waals surface area contributed by atoms with Crippen LogP contribution in [0.2, 0.25) is 0 Å². The Morgan fingerprint density at radius 1 is 1.11 bits per heavy atom. The monoisotopic (exact) mass is 243 g/mol. The molecule has 0 aliphatic rings. The summed E-state index contributed by atoms with van der Waals surface area (Å²) in [7, 11) is 3.52. The molecule has 0 aliphatic carbocycles. The molecular weight excluding hydrogens is 226 g/mol. The molecule has 0 saturated carbocycles. The second-order valence-electron chi connectivity index (χ2n) is 4.18. The Morgan fingerprint density at radius 3 is 2.56 bits per heavy atom. The Morgan fingerprint density at radius 2 is 1.89 bits per heavy atom. The first-order valence-corrected chi connectivity index (χ1v) is 5.81. The Bertz CT molecular complexity index is 567. The van der Waals surface area contributed by atoms with Crippen molar-refractivity contribution in [3.63, 3.8) is 0 Å². The van der Waals surface area contributed by atoms with Crippen molar-refractivity contribution < 1.29 is 4.74 Å². The van der Waals surface area contributed by atoms with E-state index >= 15 is 0 Å². The van der Waals surface area contributed by atoms with Crippen molar-refractivity contribution >= 4 is 5.82 Å². The molecule has 2 rings (SSSR count). The van der Waals surface area contributed by atoms with Gasteiger partial charge in [-0.15, -0.1) is 0 Å². The van der Waals surface area contributed by atoms with Crippen molar-refractivity contribution in [2.75, 3.05) is 19.5 Å². The van der Waals surface area contributed by atoms with Crippen molar-refractivity contribution in [2.24, 2.45) is 0 Å². The number of rotatable bonds is 3. The number of methoxy groups -OCH3 is 1. The van der Waals surface area contributed by atoms with Crippen LogP contribution in [0.15, 0.2) is 24.5 Å². The summed E-state index contributed by atoms with van der Waals surface area (Å²) in [6, 6.07) is 4.11. The van der Waals surface area contributed by atoms with Crippen molar-refractivity contribution in [1.29, 1.82) is 0 Å². The van der Waals surface area contributed by atoms with Crippen molar-refractivity contribution in [1.82, 2.24) is 9.97 Å². The van der Waals surface area contributed by atoms with Gasteiger partial charge >= 0.3 is 0 Å². The van der Waals surface area contributed by atoms with E-state index in [1.807, 2.05) is 27.0 Å². The van der Waals surface area contributed by atoms with E-state index in [0.29, 0.717) is 0 Å². The molecule has 0 aliphatic heterocycles. The largest absolute Gasteiger partial charge is 0.496 e. The minimum absolute atomic E-state index is 0.764. The van der Waals surface area contributed by atoms with Crippen LogP contribution in [0.5, 0.6) is 5.75 Å². The third-order valence-corrected chi connectivity index (χ3v) is 2.91. The highest BCUT2D eigenvalue weighted by Gasteiger charge is 2.08. The van der Waals surface area contributed by atoms with Gasteiger partial charge in [0.25, 0.3) is 0 Å². The number of anilines is 1. The normalized spacial score (nSPS) is 10.2. The van der Waals surface area contributed by atoms with Crippen LogP contribution in [-0.2, 0) is 0 Å². The second kappa shape index (κ2) is 5.04. The summed E-state index contributed by atoms with van der Waals surface area (Å²) < 4.78 is 5.31. The lowest BCUT2D eigenvalue weighted by molar-refractivity contribution is 0.411. The van der Waals surface area contributed by atoms with Gasteiger partial charge in [-0.2, -0.15) is 0 Å². The van der Waals surface area contributed by atoms with Gasteiger partial charge in [-0.1, -0.05) is 0 Å². The molecule has 2 aromatic rings. The summed E-state index contributed by atoms with van der Waals surface area (Å²) in [5.74, 6) is 1.66. The molecule has 1 N–H and O–H groups in total. The molecular formula is C14H17N3O. The fourth-order valence-corrected chi connectivity index (χ4v) is 1.90. The van der Waals surface area contributed by atoms with E-state index < -0.39 is 0 Å². The molecule has 0 atom stereocenters. The summed E-state index contributed by atoms with van der Waals surface area (Å²) in [5, 5.41) is 3.00. The Labute approximate surface area is 107 Å². The average Bonchev–Trinajstić information content (AvgIpc) is 2.41. The van der Waals surface area contributed by atoms with Crippen LogP contribution in [0.4, 0.5) is 5.82 Å². The van der Waals surface area contributed by atoms with Crippen LogP contribution in [0, 0.1) is 13.8 Å². The highest BCUT2D eigenvalue weighted by Crippen LogP contribution is 2.29. The maximum Gasteiger partial charge on any atom is 0.144 e. The molecule has 1 aromatic heterocycles. The zero-order valence-electron chi connectivity index (χ0n) is 11.1. The summed E-state index contributed by atoms with van der Waals surface area (Å²) >= 11 is 0. The topological polar surface area (TPSA) is 47.0 Å². The van der Waals surface area contributed by atoms with Crippen LogP contribution in [0.1, 0.15) is 11.1 Å². The molecule has 0 saturated heterocycles. The Hall–Kier alpha value is -2.10. The van der Waals surface area contributed by atoms with Crippen LogP contribution in [-0.4, -0.2) is 24.1 Å². The van der Waals surface area contributed by atoms with Gasteiger partial charge in [-0.3, -0.25) is 4.98 Å². The number of ether oxygens (including phenoxy) is 1. The fraction of sp³-hybridized carbons (Fsp3) is 0.286. The first kappa shape index (κ1) is 12.4. The summed E-state index contributed by atoms with van der Waals surface area (Å²) in [5.41, 5.74) is 4.16. The molecule has 18 heavy (non-hydrogen) atoms. The van der Waals surface area contributed by atoms with Gasteiger partial charge in [-0.25, -0.2) is 4.98 Å². The van der Waals surface area contributed by atoms with Crippen LogP contribution in [0.25, 0.3) is 11.3 Å². The third-order valence-electron chi connectivity index (χ3n) is 2.91. The smallest absolute Gasteiger partial charge is 0.144 e. The maximum absolute atomic E-state index is 5.31. The highest BCUT2D eigenvalue weighted by atomic mass is 16.5. The maximum atomic E-state index is 5.31. The minimum Gasteiger partial charge on any atom is -0.496 e. The van der Waals surface area contributed by atoms with E-state index in [4.69, 9.17) is 4.74 Å². The van der Waals surface area contributed by atoms with Gasteiger partial charge in [0, 0.05) is 12.6 Å². The zero-order valence-corrected chi connectivity index (χ0v) is 11.1. The van der Waals surface area contributed by atoms with Crippen LogP contribution >= 0.6 is 0 Å². The Kier molecular flexibility index (Phi) is 3.46. The first-order chi connectivity index (χ1) is 8.65. The lowest BCUT2D eigenvalue weighted by Crippen LogP contribution is -1.97. The highest BCUT2D eigenvalue weighted by molar-refractivity contribution is 5.66. The standard InChI is InChI=1S/C14H17N3O/c1-9-6-13(18-4)10(2)5-11(9)12-7-16-8-14(15-3)17-12/h5-8H,1-4H3,(H,15,17). The fourth-order valence-electron chi connectivity index (χ4n) is 1.90. The van der Waals surface area contributed by atoms with E-state index in [2.05, 4.69) is 21.4 Å². The summed E-state index contributed by atoms with van der Waals surface area (Å²) in [6.45, 7) is 4.07. The zero-order chi connectivity index (χ0) is 13.1. The molecule has 0 bridgehead atoms. The SMILES string of the molecule is CNc1cncc(-c2cc(C)c(OC)cc2C)n1. The van der Waals surface area contributed by atoms with Gasteiger partial charge in [0.1, 0.15) is 11.6 Å². The molecule has 0 amide bonds. The molecule has 4 heteroatoms. The predicted molar refractivity (Wildman–Crippen MR) is 73.0 cm³/mol. The van der Waals surface area contributed by atoms with Gasteiger partial charge < -0.3 is 10.1 Å². The quantitative estimate of drug-likeness (QED) is 0.900. The molecule has 0 spiro atoms. The number of nitrogens with zero attached hydrogens (tertiary/aromatic N) is 2. The molecule has 94 valence electrons. The molecule has 0 fully saturated rings.